The summed E-state index contributed by atoms with van der Waals surface area (Å²) in [5, 5.41) is 2.61. The number of carbonyl (C=O) groups excluding carboxylic acids is 1. The van der Waals surface area contributed by atoms with Gasteiger partial charge in [0.2, 0.25) is 0 Å². The van der Waals surface area contributed by atoms with Crippen molar-refractivity contribution in [3.63, 3.8) is 0 Å². The number of nitrogens with one attached hydrogen (secondary N) is 1. The maximum absolute atomic E-state index is 11.9. The van der Waals surface area contributed by atoms with Gasteiger partial charge in [0.15, 0.2) is 12.2 Å². The molecular formula is C18H18N2O3. The molecule has 0 radical (unpaired) electrons. The van der Waals surface area contributed by atoms with E-state index in [1.165, 1.54) is 5.56 Å². The van der Waals surface area contributed by atoms with Crippen molar-refractivity contribution >= 4 is 23.0 Å². The summed E-state index contributed by atoms with van der Waals surface area (Å²) in [6, 6.07) is 11.6. The monoisotopic (exact) mass is 310 g/mol. The number of fused-ring (bicyclic) bond motifs is 1. The van der Waals surface area contributed by atoms with Crippen molar-refractivity contribution in [3.05, 3.63) is 53.1 Å². The molecule has 0 spiro atoms. The molecule has 0 bridgehead atoms. The molecule has 3 aromatic rings. The van der Waals surface area contributed by atoms with Crippen molar-refractivity contribution in [1.82, 2.24) is 4.98 Å². The van der Waals surface area contributed by atoms with Crippen LogP contribution in [0.1, 0.15) is 16.7 Å². The quantitative estimate of drug-likeness (QED) is 0.796. The minimum atomic E-state index is -0.313. The zero-order valence-corrected chi connectivity index (χ0v) is 13.3. The number of aryl methyl sites for hydroxylation is 3. The molecule has 118 valence electrons. The summed E-state index contributed by atoms with van der Waals surface area (Å²) in [6.45, 7) is 5.90. The zero-order valence-electron chi connectivity index (χ0n) is 13.3. The maximum atomic E-state index is 11.9. The molecule has 0 aliphatic heterocycles. The van der Waals surface area contributed by atoms with E-state index in [4.69, 9.17) is 9.15 Å². The Morgan fingerprint density at radius 1 is 1.13 bits per heavy atom. The Hall–Kier alpha value is -2.82. The predicted molar refractivity (Wildman–Crippen MR) is 88.8 cm³/mol. The number of ether oxygens (including phenoxy) is 1. The van der Waals surface area contributed by atoms with Crippen molar-refractivity contribution in [2.45, 2.75) is 20.8 Å². The zero-order chi connectivity index (χ0) is 16.4. The van der Waals surface area contributed by atoms with Gasteiger partial charge in [-0.25, -0.2) is 0 Å². The first-order chi connectivity index (χ1) is 11.0. The van der Waals surface area contributed by atoms with E-state index >= 15 is 0 Å². The normalized spacial score (nSPS) is 10.7. The third kappa shape index (κ3) is 3.51. The number of carbonyl (C=O) groups is 1. The topological polar surface area (TPSA) is 64.4 Å². The summed E-state index contributed by atoms with van der Waals surface area (Å²) in [4.78, 5) is 16.2. The number of nitrogens with zero attached hydrogens (tertiary/aromatic N) is 1. The second-order valence-corrected chi connectivity index (χ2v) is 5.57. The summed E-state index contributed by atoms with van der Waals surface area (Å²) in [5.41, 5.74) is 4.74. The average Bonchev–Trinajstić information content (AvgIpc) is 2.89. The van der Waals surface area contributed by atoms with Gasteiger partial charge < -0.3 is 9.15 Å². The average molecular weight is 310 g/mol. The molecule has 1 heterocycles. The molecule has 3 rings (SSSR count). The first kappa shape index (κ1) is 15.1. The molecule has 2 aromatic carbocycles. The number of anilines is 1. The second kappa shape index (κ2) is 6.12. The van der Waals surface area contributed by atoms with Gasteiger partial charge in [-0.15, -0.1) is 0 Å². The largest absolute Gasteiger partial charge is 0.484 e. The van der Waals surface area contributed by atoms with E-state index < -0.39 is 0 Å². The van der Waals surface area contributed by atoms with Crippen LogP contribution in [-0.2, 0) is 4.79 Å². The lowest BCUT2D eigenvalue weighted by molar-refractivity contribution is -0.118. The molecule has 5 heteroatoms. The third-order valence-corrected chi connectivity index (χ3v) is 3.64. The lowest BCUT2D eigenvalue weighted by atomic mass is 10.1. The molecule has 5 nitrogen and oxygen atoms in total. The fourth-order valence-electron chi connectivity index (χ4n) is 2.19. The Labute approximate surface area is 134 Å². The summed E-state index contributed by atoms with van der Waals surface area (Å²) in [7, 11) is 0. The van der Waals surface area contributed by atoms with Crippen LogP contribution in [0, 0.1) is 20.8 Å². The SMILES string of the molecule is Cc1ccc2nc(NC(=O)COc3ccc(C)c(C)c3)oc2c1. The maximum Gasteiger partial charge on any atom is 0.302 e. The van der Waals surface area contributed by atoms with Gasteiger partial charge in [0, 0.05) is 0 Å². The van der Waals surface area contributed by atoms with Crippen LogP contribution >= 0.6 is 0 Å². The van der Waals surface area contributed by atoms with E-state index in [1.54, 1.807) is 0 Å². The van der Waals surface area contributed by atoms with E-state index in [0.717, 1.165) is 11.1 Å². The van der Waals surface area contributed by atoms with E-state index in [2.05, 4.69) is 10.3 Å². The Kier molecular flexibility index (Phi) is 4.02. The molecule has 0 fully saturated rings. The van der Waals surface area contributed by atoms with Crippen LogP contribution in [0.2, 0.25) is 0 Å². The molecule has 23 heavy (non-hydrogen) atoms. The number of aromatic nitrogens is 1. The number of rotatable bonds is 4. The first-order valence-electron chi connectivity index (χ1n) is 7.38. The van der Waals surface area contributed by atoms with Crippen molar-refractivity contribution in [2.24, 2.45) is 0 Å². The summed E-state index contributed by atoms with van der Waals surface area (Å²) in [6.07, 6.45) is 0. The van der Waals surface area contributed by atoms with Crippen molar-refractivity contribution < 1.29 is 13.9 Å². The predicted octanol–water partition coefficient (Wildman–Crippen LogP) is 3.77. The standard InChI is InChI=1S/C18H18N2O3/c1-11-4-7-15-16(8-11)23-18(19-15)20-17(21)10-22-14-6-5-12(2)13(3)9-14/h4-9H,10H2,1-3H3,(H,19,20,21). The number of amides is 1. The van der Waals surface area contributed by atoms with Gasteiger partial charge in [-0.2, -0.15) is 4.98 Å². The molecule has 1 amide bonds. The van der Waals surface area contributed by atoms with Gasteiger partial charge in [0.05, 0.1) is 0 Å². The Bertz CT molecular complexity index is 868. The van der Waals surface area contributed by atoms with Crippen LogP contribution in [0.3, 0.4) is 0 Å². The van der Waals surface area contributed by atoms with Crippen LogP contribution in [0.15, 0.2) is 40.8 Å². The Morgan fingerprint density at radius 2 is 1.96 bits per heavy atom. The molecule has 0 atom stereocenters. The minimum absolute atomic E-state index is 0.0970. The number of hydrogen-bond acceptors (Lipinski definition) is 4. The molecular weight excluding hydrogens is 292 g/mol. The Morgan fingerprint density at radius 3 is 2.74 bits per heavy atom. The number of benzene rings is 2. The number of oxazole rings is 1. The van der Waals surface area contributed by atoms with E-state index in [1.807, 2.05) is 57.2 Å². The van der Waals surface area contributed by atoms with E-state index in [0.29, 0.717) is 16.8 Å². The van der Waals surface area contributed by atoms with Crippen molar-refractivity contribution in [2.75, 3.05) is 11.9 Å². The molecule has 0 aliphatic rings. The summed E-state index contributed by atoms with van der Waals surface area (Å²) < 4.78 is 11.0. The van der Waals surface area contributed by atoms with E-state index in [-0.39, 0.29) is 18.5 Å². The van der Waals surface area contributed by atoms with Crippen LogP contribution in [0.25, 0.3) is 11.1 Å². The van der Waals surface area contributed by atoms with Gasteiger partial charge in [0.25, 0.3) is 5.91 Å². The van der Waals surface area contributed by atoms with Gasteiger partial charge in [-0.3, -0.25) is 10.1 Å². The highest BCUT2D eigenvalue weighted by Gasteiger charge is 2.10. The van der Waals surface area contributed by atoms with Crippen molar-refractivity contribution in [3.8, 4) is 5.75 Å². The lowest BCUT2D eigenvalue weighted by Crippen LogP contribution is -2.20. The highest BCUT2D eigenvalue weighted by molar-refractivity contribution is 5.91. The van der Waals surface area contributed by atoms with Gasteiger partial charge in [0.1, 0.15) is 11.3 Å². The van der Waals surface area contributed by atoms with Crippen LogP contribution in [-0.4, -0.2) is 17.5 Å². The smallest absolute Gasteiger partial charge is 0.302 e. The second-order valence-electron chi connectivity index (χ2n) is 5.57. The lowest BCUT2D eigenvalue weighted by Gasteiger charge is -2.07. The third-order valence-electron chi connectivity index (χ3n) is 3.64. The molecule has 0 unspecified atom stereocenters. The Balaban J connectivity index is 1.62. The van der Waals surface area contributed by atoms with Gasteiger partial charge in [-0.1, -0.05) is 12.1 Å². The first-order valence-corrected chi connectivity index (χ1v) is 7.38. The fraction of sp³-hybridized carbons (Fsp3) is 0.222. The summed E-state index contributed by atoms with van der Waals surface area (Å²) in [5.74, 6) is 0.350. The fourth-order valence-corrected chi connectivity index (χ4v) is 2.19. The highest BCUT2D eigenvalue weighted by atomic mass is 16.5. The van der Waals surface area contributed by atoms with E-state index in [9.17, 15) is 4.79 Å². The highest BCUT2D eigenvalue weighted by Crippen LogP contribution is 2.20. The minimum Gasteiger partial charge on any atom is -0.484 e. The molecule has 0 saturated heterocycles. The van der Waals surface area contributed by atoms with Gasteiger partial charge in [-0.05, 0) is 61.7 Å². The molecule has 1 N–H and O–H groups in total. The molecule has 0 aliphatic carbocycles. The van der Waals surface area contributed by atoms with Crippen LogP contribution in [0.4, 0.5) is 6.01 Å². The van der Waals surface area contributed by atoms with Crippen molar-refractivity contribution in [1.29, 1.82) is 0 Å². The van der Waals surface area contributed by atoms with Crippen LogP contribution in [0.5, 0.6) is 5.75 Å². The summed E-state index contributed by atoms with van der Waals surface area (Å²) >= 11 is 0. The van der Waals surface area contributed by atoms with Gasteiger partial charge >= 0.3 is 6.01 Å². The molecule has 1 aromatic heterocycles. The van der Waals surface area contributed by atoms with Crippen LogP contribution < -0.4 is 10.1 Å². The number of hydrogen-bond donors (Lipinski definition) is 1. The molecule has 0 saturated carbocycles.